The normalized spacial score (nSPS) is 12.8. The van der Waals surface area contributed by atoms with Crippen LogP contribution >= 0.6 is 0 Å². The van der Waals surface area contributed by atoms with Crippen LogP contribution in [-0.4, -0.2) is 14.9 Å². The Hall–Kier alpha value is -2.13. The molecule has 1 atom stereocenters. The molecule has 18 heavy (non-hydrogen) atoms. The van der Waals surface area contributed by atoms with Crippen molar-refractivity contribution in [2.75, 3.05) is 0 Å². The zero-order valence-corrected chi connectivity index (χ0v) is 10.1. The minimum absolute atomic E-state index is 0.587. The van der Waals surface area contributed by atoms with Gasteiger partial charge in [0.05, 0.1) is 11.7 Å². The predicted molar refractivity (Wildman–Crippen MR) is 71.2 cm³/mol. The molecule has 1 heterocycles. The summed E-state index contributed by atoms with van der Waals surface area (Å²) >= 11 is 0. The summed E-state index contributed by atoms with van der Waals surface area (Å²) in [4.78, 5) is 0. The molecule has 90 valence electrons. The fourth-order valence-electron chi connectivity index (χ4n) is 2.18. The number of rotatable bonds is 2. The summed E-state index contributed by atoms with van der Waals surface area (Å²) in [6.07, 6.45) is 1.23. The van der Waals surface area contributed by atoms with Crippen molar-refractivity contribution in [3.05, 3.63) is 65.9 Å². The van der Waals surface area contributed by atoms with Gasteiger partial charge in [-0.2, -0.15) is 5.10 Å². The van der Waals surface area contributed by atoms with Crippen LogP contribution in [0.5, 0.6) is 0 Å². The lowest BCUT2D eigenvalue weighted by Crippen LogP contribution is -1.99. The highest BCUT2D eigenvalue weighted by Crippen LogP contribution is 2.24. The van der Waals surface area contributed by atoms with Crippen LogP contribution in [0.3, 0.4) is 0 Å². The first-order chi connectivity index (χ1) is 8.75. The number of fused-ring (bicyclic) bond motifs is 1. The zero-order valence-electron chi connectivity index (χ0n) is 10.1. The third kappa shape index (κ3) is 1.79. The smallest absolute Gasteiger partial charge is 0.104 e. The third-order valence-corrected chi connectivity index (χ3v) is 3.20. The van der Waals surface area contributed by atoms with Crippen LogP contribution < -0.4 is 0 Å². The van der Waals surface area contributed by atoms with Crippen molar-refractivity contribution in [2.45, 2.75) is 6.10 Å². The maximum atomic E-state index is 10.3. The average molecular weight is 238 g/mol. The molecule has 0 saturated heterocycles. The first-order valence-electron chi connectivity index (χ1n) is 5.90. The molecule has 0 saturated carbocycles. The van der Waals surface area contributed by atoms with Crippen LogP contribution in [-0.2, 0) is 7.05 Å². The first-order valence-corrected chi connectivity index (χ1v) is 5.90. The van der Waals surface area contributed by atoms with E-state index >= 15 is 0 Å². The van der Waals surface area contributed by atoms with Gasteiger partial charge in [-0.25, -0.2) is 0 Å². The average Bonchev–Trinajstić information content (AvgIpc) is 2.80. The molecule has 0 fully saturated rings. The van der Waals surface area contributed by atoms with E-state index in [1.807, 2.05) is 66.5 Å². The second-order valence-electron chi connectivity index (χ2n) is 4.40. The lowest BCUT2D eigenvalue weighted by atomic mass is 10.0. The summed E-state index contributed by atoms with van der Waals surface area (Å²) < 4.78 is 1.83. The summed E-state index contributed by atoms with van der Waals surface area (Å²) in [5.74, 6) is 0. The van der Waals surface area contributed by atoms with Crippen LogP contribution in [0.1, 0.15) is 17.2 Å². The predicted octanol–water partition coefficient (Wildman–Crippen LogP) is 2.66. The summed E-state index contributed by atoms with van der Waals surface area (Å²) in [7, 11) is 1.91. The third-order valence-electron chi connectivity index (χ3n) is 3.20. The Bertz CT molecular complexity index is 673. The number of nitrogens with zero attached hydrogens (tertiary/aromatic N) is 2. The van der Waals surface area contributed by atoms with E-state index in [0.29, 0.717) is 0 Å². The Morgan fingerprint density at radius 1 is 1.06 bits per heavy atom. The number of aromatic nitrogens is 2. The Kier molecular flexibility index (Phi) is 2.61. The van der Waals surface area contributed by atoms with Gasteiger partial charge in [0.1, 0.15) is 6.10 Å². The van der Waals surface area contributed by atoms with Gasteiger partial charge >= 0.3 is 0 Å². The molecule has 1 unspecified atom stereocenters. The molecule has 2 aromatic carbocycles. The highest BCUT2D eigenvalue weighted by Gasteiger charge is 2.11. The van der Waals surface area contributed by atoms with E-state index in [0.717, 1.165) is 22.0 Å². The van der Waals surface area contributed by atoms with Crippen molar-refractivity contribution in [1.29, 1.82) is 0 Å². The topological polar surface area (TPSA) is 38.0 Å². The minimum atomic E-state index is -0.587. The van der Waals surface area contributed by atoms with E-state index in [1.165, 1.54) is 0 Å². The van der Waals surface area contributed by atoms with Crippen molar-refractivity contribution >= 4 is 10.9 Å². The standard InChI is InChI=1S/C15H14N2O/c1-17-14-8-7-12(9-13(14)10-16-17)15(18)11-5-3-2-4-6-11/h2-10,15,18H,1H3. The van der Waals surface area contributed by atoms with Crippen molar-refractivity contribution in [1.82, 2.24) is 9.78 Å². The number of hydrogen-bond acceptors (Lipinski definition) is 2. The fourth-order valence-corrected chi connectivity index (χ4v) is 2.18. The first kappa shape index (κ1) is 11.0. The number of aryl methyl sites for hydroxylation is 1. The Labute approximate surface area is 105 Å². The number of hydrogen-bond donors (Lipinski definition) is 1. The number of aliphatic hydroxyl groups excluding tert-OH is 1. The molecule has 1 aromatic heterocycles. The molecule has 3 nitrogen and oxygen atoms in total. The molecular weight excluding hydrogens is 224 g/mol. The highest BCUT2D eigenvalue weighted by atomic mass is 16.3. The van der Waals surface area contributed by atoms with E-state index in [2.05, 4.69) is 5.10 Å². The number of benzene rings is 2. The maximum Gasteiger partial charge on any atom is 0.104 e. The van der Waals surface area contributed by atoms with E-state index in [-0.39, 0.29) is 0 Å². The van der Waals surface area contributed by atoms with Crippen molar-refractivity contribution < 1.29 is 5.11 Å². The van der Waals surface area contributed by atoms with Crippen molar-refractivity contribution in [3.63, 3.8) is 0 Å². The van der Waals surface area contributed by atoms with E-state index in [9.17, 15) is 5.11 Å². The minimum Gasteiger partial charge on any atom is -0.384 e. The number of aliphatic hydroxyl groups is 1. The highest BCUT2D eigenvalue weighted by molar-refractivity contribution is 5.79. The van der Waals surface area contributed by atoms with Gasteiger partial charge in [-0.05, 0) is 23.3 Å². The summed E-state index contributed by atoms with van der Waals surface area (Å²) in [6.45, 7) is 0. The maximum absolute atomic E-state index is 10.3. The van der Waals surface area contributed by atoms with Gasteiger partial charge in [-0.3, -0.25) is 4.68 Å². The van der Waals surface area contributed by atoms with Gasteiger partial charge in [-0.1, -0.05) is 36.4 Å². The fraction of sp³-hybridized carbons (Fsp3) is 0.133. The molecule has 0 spiro atoms. The van der Waals surface area contributed by atoms with E-state index in [1.54, 1.807) is 0 Å². The lowest BCUT2D eigenvalue weighted by molar-refractivity contribution is 0.220. The monoisotopic (exact) mass is 238 g/mol. The summed E-state index contributed by atoms with van der Waals surface area (Å²) in [6, 6.07) is 15.6. The molecule has 3 rings (SSSR count). The van der Waals surface area contributed by atoms with Crippen LogP contribution in [0.4, 0.5) is 0 Å². The van der Waals surface area contributed by atoms with Crippen LogP contribution in [0.15, 0.2) is 54.7 Å². The zero-order chi connectivity index (χ0) is 12.5. The Morgan fingerprint density at radius 3 is 2.61 bits per heavy atom. The molecular formula is C15H14N2O. The van der Waals surface area contributed by atoms with Gasteiger partial charge in [0.15, 0.2) is 0 Å². The molecule has 1 N–H and O–H groups in total. The summed E-state index contributed by atoms with van der Waals surface area (Å²) in [5, 5.41) is 15.6. The van der Waals surface area contributed by atoms with E-state index in [4.69, 9.17) is 0 Å². The molecule has 0 radical (unpaired) electrons. The molecule has 0 bridgehead atoms. The van der Waals surface area contributed by atoms with Gasteiger partial charge in [0.25, 0.3) is 0 Å². The molecule has 0 aliphatic carbocycles. The molecule has 0 aliphatic rings. The Balaban J connectivity index is 2.04. The van der Waals surface area contributed by atoms with Gasteiger partial charge in [0.2, 0.25) is 0 Å². The van der Waals surface area contributed by atoms with Crippen LogP contribution in [0, 0.1) is 0 Å². The molecule has 3 heteroatoms. The van der Waals surface area contributed by atoms with Crippen molar-refractivity contribution in [2.24, 2.45) is 7.05 Å². The lowest BCUT2D eigenvalue weighted by Gasteiger charge is -2.11. The second kappa shape index (κ2) is 4.27. The molecule has 0 amide bonds. The van der Waals surface area contributed by atoms with Gasteiger partial charge in [0, 0.05) is 12.4 Å². The molecule has 3 aromatic rings. The van der Waals surface area contributed by atoms with Crippen LogP contribution in [0.25, 0.3) is 10.9 Å². The quantitative estimate of drug-likeness (QED) is 0.745. The van der Waals surface area contributed by atoms with E-state index < -0.39 is 6.10 Å². The second-order valence-corrected chi connectivity index (χ2v) is 4.40. The van der Waals surface area contributed by atoms with Crippen LogP contribution in [0.2, 0.25) is 0 Å². The largest absolute Gasteiger partial charge is 0.384 e. The van der Waals surface area contributed by atoms with Crippen molar-refractivity contribution in [3.8, 4) is 0 Å². The SMILES string of the molecule is Cn1ncc2cc(C(O)c3ccccc3)ccc21. The van der Waals surface area contributed by atoms with Gasteiger partial charge in [-0.15, -0.1) is 0 Å². The molecule has 0 aliphatic heterocycles. The summed E-state index contributed by atoms with van der Waals surface area (Å²) in [5.41, 5.74) is 2.86. The van der Waals surface area contributed by atoms with Gasteiger partial charge < -0.3 is 5.11 Å². The Morgan fingerprint density at radius 2 is 1.83 bits per heavy atom.